The Morgan fingerprint density at radius 3 is 2.68 bits per heavy atom. The lowest BCUT2D eigenvalue weighted by Crippen LogP contribution is -2.09. The minimum absolute atomic E-state index is 0.0209. The van der Waals surface area contributed by atoms with Gasteiger partial charge in [-0.2, -0.15) is 0 Å². The molecule has 28 heavy (non-hydrogen) atoms. The second-order valence-electron chi connectivity index (χ2n) is 7.08. The molecule has 0 aliphatic rings. The molecular weight excluding hydrogens is 392 g/mol. The number of hydrogen-bond donors (Lipinski definition) is 1. The summed E-state index contributed by atoms with van der Waals surface area (Å²) < 4.78 is 6.05. The van der Waals surface area contributed by atoms with Crippen molar-refractivity contribution >= 4 is 39.0 Å². The molecule has 0 aliphatic carbocycles. The number of pyridine rings is 1. The Balaban J connectivity index is 2.13. The Hall–Kier alpha value is -2.36. The molecule has 0 radical (unpaired) electrons. The van der Waals surface area contributed by atoms with Gasteiger partial charge >= 0.3 is 0 Å². The first kappa shape index (κ1) is 20.4. The third-order valence-electron chi connectivity index (χ3n) is 4.00. The van der Waals surface area contributed by atoms with Gasteiger partial charge in [0.15, 0.2) is 5.13 Å². The zero-order valence-corrected chi connectivity index (χ0v) is 18.0. The maximum atomic E-state index is 7.03. The summed E-state index contributed by atoms with van der Waals surface area (Å²) >= 11 is 8.22. The molecule has 3 rings (SSSR count). The van der Waals surface area contributed by atoms with E-state index in [9.17, 15) is 0 Å². The Labute approximate surface area is 174 Å². The van der Waals surface area contributed by atoms with Crippen LogP contribution in [0.1, 0.15) is 33.3 Å². The van der Waals surface area contributed by atoms with Crippen molar-refractivity contribution in [2.75, 3.05) is 11.9 Å². The molecule has 0 bridgehead atoms. The van der Waals surface area contributed by atoms with Gasteiger partial charge in [-0.3, -0.25) is 0 Å². The summed E-state index contributed by atoms with van der Waals surface area (Å²) in [5, 5.41) is 7.60. The van der Waals surface area contributed by atoms with E-state index in [0.29, 0.717) is 29.5 Å². The number of anilines is 1. The van der Waals surface area contributed by atoms with Gasteiger partial charge in [-0.1, -0.05) is 17.7 Å². The average Bonchev–Trinajstić information content (AvgIpc) is 3.08. The van der Waals surface area contributed by atoms with Gasteiger partial charge in [-0.05, 0) is 39.3 Å². The second-order valence-corrected chi connectivity index (χ2v) is 8.31. The van der Waals surface area contributed by atoms with E-state index in [1.54, 1.807) is 11.3 Å². The zero-order valence-electron chi connectivity index (χ0n) is 16.4. The number of halogens is 1. The number of thiazole rings is 1. The van der Waals surface area contributed by atoms with Crippen LogP contribution in [-0.2, 0) is 6.42 Å². The number of benzene rings is 1. The third-order valence-corrected chi connectivity index (χ3v) is 5.19. The van der Waals surface area contributed by atoms with Crippen molar-refractivity contribution in [1.29, 1.82) is 0 Å². The maximum absolute atomic E-state index is 7.03. The van der Waals surface area contributed by atoms with Crippen LogP contribution in [-0.4, -0.2) is 28.7 Å². The third kappa shape index (κ3) is 4.54. The predicted molar refractivity (Wildman–Crippen MR) is 118 cm³/mol. The molecule has 1 aromatic carbocycles. The van der Waals surface area contributed by atoms with E-state index >= 15 is 0 Å². The molecule has 7 heteroatoms. The van der Waals surface area contributed by atoms with E-state index in [1.165, 1.54) is 0 Å². The number of nitrogens with one attached hydrogen (secondary N) is 1. The van der Waals surface area contributed by atoms with Gasteiger partial charge in [0.25, 0.3) is 0 Å². The Bertz CT molecular complexity index is 1020. The molecule has 0 spiro atoms. The van der Waals surface area contributed by atoms with Crippen LogP contribution < -0.4 is 10.1 Å². The summed E-state index contributed by atoms with van der Waals surface area (Å²) in [6, 6.07) is 6.16. The van der Waals surface area contributed by atoms with Crippen molar-refractivity contribution in [1.82, 2.24) is 9.97 Å². The number of hydrogen-bond acceptors (Lipinski definition) is 5. The van der Waals surface area contributed by atoms with Gasteiger partial charge in [0.05, 0.1) is 22.3 Å². The summed E-state index contributed by atoms with van der Waals surface area (Å²) in [6.07, 6.45) is 0.622. The lowest BCUT2D eigenvalue weighted by Gasteiger charge is -2.15. The molecule has 0 aliphatic heterocycles. The molecular formula is C21H23ClN4OS. The van der Waals surface area contributed by atoms with Crippen LogP contribution in [0.3, 0.4) is 0 Å². The fourth-order valence-corrected chi connectivity index (χ4v) is 3.98. The molecule has 0 saturated carbocycles. The highest BCUT2D eigenvalue weighted by atomic mass is 35.5. The summed E-state index contributed by atoms with van der Waals surface area (Å²) in [5.74, 6) is 0.736. The van der Waals surface area contributed by atoms with Crippen LogP contribution in [0, 0.1) is 6.57 Å². The van der Waals surface area contributed by atoms with E-state index < -0.39 is 0 Å². The van der Waals surface area contributed by atoms with Gasteiger partial charge in [-0.25, -0.2) is 16.5 Å². The van der Waals surface area contributed by atoms with Crippen molar-refractivity contribution in [3.8, 4) is 17.1 Å². The fraction of sp³-hybridized carbons (Fsp3) is 0.381. The molecule has 5 nitrogen and oxygen atoms in total. The fourth-order valence-electron chi connectivity index (χ4n) is 2.83. The normalized spacial score (nSPS) is 11.2. The Morgan fingerprint density at radius 2 is 2.00 bits per heavy atom. The van der Waals surface area contributed by atoms with Crippen molar-refractivity contribution in [3.05, 3.63) is 45.6 Å². The lowest BCUT2D eigenvalue weighted by molar-refractivity contribution is 0.245. The van der Waals surface area contributed by atoms with Crippen LogP contribution in [0.5, 0.6) is 5.75 Å². The lowest BCUT2D eigenvalue weighted by atomic mass is 10.1. The summed E-state index contributed by atoms with van der Waals surface area (Å²) in [5.41, 5.74) is 3.11. The summed E-state index contributed by atoms with van der Waals surface area (Å²) in [4.78, 5) is 12.9. The van der Waals surface area contributed by atoms with Crippen molar-refractivity contribution < 1.29 is 4.74 Å². The second kappa shape index (κ2) is 8.76. The van der Waals surface area contributed by atoms with E-state index in [-0.39, 0.29) is 6.10 Å². The largest absolute Gasteiger partial charge is 0.490 e. The van der Waals surface area contributed by atoms with Crippen LogP contribution in [0.15, 0.2) is 23.6 Å². The predicted octanol–water partition coefficient (Wildman–Crippen LogP) is 6.08. The van der Waals surface area contributed by atoms with E-state index in [0.717, 1.165) is 33.2 Å². The molecule has 2 heterocycles. The van der Waals surface area contributed by atoms with Gasteiger partial charge in [0.2, 0.25) is 6.54 Å². The molecule has 146 valence electrons. The topological polar surface area (TPSA) is 51.4 Å². The van der Waals surface area contributed by atoms with Gasteiger partial charge in [0, 0.05) is 29.3 Å². The van der Waals surface area contributed by atoms with Crippen LogP contribution in [0.25, 0.3) is 27.1 Å². The first-order valence-corrected chi connectivity index (χ1v) is 10.5. The Kier molecular flexibility index (Phi) is 6.38. The number of rotatable bonds is 7. The SMILES string of the molecule is [C-]#[N+]CCc1ccc2c(OC(C)C)cc(-c3csc(NC(C)C)n3)nc2c1Cl. The molecule has 0 fully saturated rings. The van der Waals surface area contributed by atoms with Gasteiger partial charge in [-0.15, -0.1) is 11.3 Å². The number of aromatic nitrogens is 2. The van der Waals surface area contributed by atoms with E-state index in [2.05, 4.69) is 29.0 Å². The minimum atomic E-state index is 0.0209. The quantitative estimate of drug-likeness (QED) is 0.476. The molecule has 0 amide bonds. The summed E-state index contributed by atoms with van der Waals surface area (Å²) in [7, 11) is 0. The van der Waals surface area contributed by atoms with Crippen LogP contribution in [0.2, 0.25) is 5.02 Å². The highest BCUT2D eigenvalue weighted by Crippen LogP contribution is 2.36. The first-order chi connectivity index (χ1) is 13.4. The van der Waals surface area contributed by atoms with E-state index in [4.69, 9.17) is 27.9 Å². The number of fused-ring (bicyclic) bond motifs is 1. The van der Waals surface area contributed by atoms with Crippen LogP contribution in [0.4, 0.5) is 5.13 Å². The van der Waals surface area contributed by atoms with Crippen molar-refractivity contribution in [2.45, 2.75) is 46.3 Å². The van der Waals surface area contributed by atoms with Gasteiger partial charge in [0.1, 0.15) is 11.4 Å². The first-order valence-electron chi connectivity index (χ1n) is 9.23. The van der Waals surface area contributed by atoms with Crippen molar-refractivity contribution in [3.63, 3.8) is 0 Å². The average molecular weight is 415 g/mol. The van der Waals surface area contributed by atoms with Gasteiger partial charge < -0.3 is 14.9 Å². The highest BCUT2D eigenvalue weighted by molar-refractivity contribution is 7.14. The smallest absolute Gasteiger partial charge is 0.218 e. The molecule has 0 saturated heterocycles. The summed E-state index contributed by atoms with van der Waals surface area (Å²) in [6.45, 7) is 15.6. The molecule has 3 aromatic rings. The Morgan fingerprint density at radius 1 is 1.21 bits per heavy atom. The molecule has 0 unspecified atom stereocenters. The molecule has 1 N–H and O–H groups in total. The van der Waals surface area contributed by atoms with Crippen molar-refractivity contribution in [2.24, 2.45) is 0 Å². The number of nitrogens with zero attached hydrogens (tertiary/aromatic N) is 3. The minimum Gasteiger partial charge on any atom is -0.490 e. The highest BCUT2D eigenvalue weighted by Gasteiger charge is 2.17. The zero-order chi connectivity index (χ0) is 20.3. The standard InChI is InChI=1S/C21H23ClN4OS/c1-12(2)24-21-26-17(11-28-21)16-10-18(27-13(3)4)15-7-6-14(8-9-23-5)19(22)20(15)25-16/h6-7,10-13H,8-9H2,1-4H3,(H,24,26). The monoisotopic (exact) mass is 414 g/mol. The molecule has 0 atom stereocenters. The van der Waals surface area contributed by atoms with E-state index in [1.807, 2.05) is 37.4 Å². The van der Waals surface area contributed by atoms with Crippen LogP contribution >= 0.6 is 22.9 Å². The molecule has 2 aromatic heterocycles. The number of ether oxygens (including phenoxy) is 1. The maximum Gasteiger partial charge on any atom is 0.218 e.